The molecule has 2 atom stereocenters. The summed E-state index contributed by atoms with van der Waals surface area (Å²) in [5.74, 6) is -0.456. The number of rotatable bonds is 6. The number of nitrogens with zero attached hydrogens (tertiary/aromatic N) is 6. The fourth-order valence-electron chi connectivity index (χ4n) is 7.00. The monoisotopic (exact) mass is 656 g/mol. The van der Waals surface area contributed by atoms with Crippen LogP contribution in [0.2, 0.25) is 5.02 Å². The number of amides is 1. The first-order chi connectivity index (χ1) is 21.7. The van der Waals surface area contributed by atoms with E-state index in [4.69, 9.17) is 16.3 Å². The molecule has 1 aromatic heterocycles. The SMILES string of the molecule is C=CC(=O)N1CCN(c2nc(=O)n3c4c(c(-c5ccc(F)cc5F)c(Cl)cc24)SCC3CN2CCN(C3COC3)CC2)C(C)C1. The van der Waals surface area contributed by atoms with Crippen molar-refractivity contribution >= 4 is 46.0 Å². The maximum Gasteiger partial charge on any atom is 0.350 e. The molecule has 45 heavy (non-hydrogen) atoms. The molecule has 4 aliphatic heterocycles. The molecular weight excluding hydrogens is 622 g/mol. The molecule has 0 bridgehead atoms. The maximum absolute atomic E-state index is 15.2. The average Bonchev–Trinajstić information content (AvgIpc) is 2.99. The van der Waals surface area contributed by atoms with Gasteiger partial charge in [-0.2, -0.15) is 4.98 Å². The minimum absolute atomic E-state index is 0.131. The third-order valence-electron chi connectivity index (χ3n) is 9.48. The minimum atomic E-state index is -0.718. The van der Waals surface area contributed by atoms with Crippen molar-refractivity contribution in [1.29, 1.82) is 0 Å². The standard InChI is InChI=1S/C32H35ClF2N6O3S/c1-3-27(42)39-10-11-40(19(2)14-39)31-24-13-25(33)28(23-5-4-20(34)12-26(23)35)30-29(24)41(32(43)36-31)21(18-45-30)15-37-6-8-38(9-7-37)22-16-44-17-22/h3-5,12-13,19,21-22H,1,6-11,14-18H2,2H3. The van der Waals surface area contributed by atoms with Crippen molar-refractivity contribution in [2.75, 3.05) is 76.2 Å². The Morgan fingerprint density at radius 1 is 1.16 bits per heavy atom. The van der Waals surface area contributed by atoms with E-state index in [0.717, 1.165) is 45.5 Å². The van der Waals surface area contributed by atoms with Gasteiger partial charge < -0.3 is 14.5 Å². The van der Waals surface area contributed by atoms with Crippen LogP contribution in [0.1, 0.15) is 13.0 Å². The molecule has 0 spiro atoms. The summed E-state index contributed by atoms with van der Waals surface area (Å²) in [5, 5.41) is 0.995. The van der Waals surface area contributed by atoms with Crippen molar-refractivity contribution in [2.45, 2.75) is 29.9 Å². The van der Waals surface area contributed by atoms with E-state index >= 15 is 4.39 Å². The molecule has 3 fully saturated rings. The van der Waals surface area contributed by atoms with Gasteiger partial charge in [-0.15, -0.1) is 11.8 Å². The second-order valence-corrected chi connectivity index (χ2v) is 13.6. The Bertz CT molecular complexity index is 1730. The van der Waals surface area contributed by atoms with E-state index in [9.17, 15) is 14.0 Å². The highest BCUT2D eigenvalue weighted by molar-refractivity contribution is 7.99. The Hall–Kier alpha value is -3.03. The van der Waals surface area contributed by atoms with Crippen LogP contribution in [0.3, 0.4) is 0 Å². The van der Waals surface area contributed by atoms with Gasteiger partial charge >= 0.3 is 5.69 Å². The summed E-state index contributed by atoms with van der Waals surface area (Å²) in [6.45, 7) is 12.9. The predicted octanol–water partition coefficient (Wildman–Crippen LogP) is 3.88. The van der Waals surface area contributed by atoms with E-state index in [2.05, 4.69) is 21.4 Å². The molecule has 0 saturated carbocycles. The van der Waals surface area contributed by atoms with Gasteiger partial charge in [0.2, 0.25) is 5.91 Å². The number of anilines is 1. The molecule has 2 unspecified atom stereocenters. The van der Waals surface area contributed by atoms with Gasteiger partial charge in [-0.3, -0.25) is 19.2 Å². The molecular formula is C32H35ClF2N6O3S. The number of halogens is 3. The van der Waals surface area contributed by atoms with Crippen molar-refractivity contribution in [3.05, 3.63) is 64.1 Å². The molecule has 1 amide bonds. The van der Waals surface area contributed by atoms with E-state index in [1.165, 1.54) is 18.2 Å². The third kappa shape index (κ3) is 5.54. The van der Waals surface area contributed by atoms with Gasteiger partial charge in [-0.25, -0.2) is 13.6 Å². The van der Waals surface area contributed by atoms with Crippen LogP contribution < -0.4 is 10.6 Å². The van der Waals surface area contributed by atoms with Gasteiger partial charge in [0.1, 0.15) is 17.5 Å². The Morgan fingerprint density at radius 2 is 1.93 bits per heavy atom. The summed E-state index contributed by atoms with van der Waals surface area (Å²) < 4.78 is 36.3. The quantitative estimate of drug-likeness (QED) is 0.371. The van der Waals surface area contributed by atoms with E-state index in [-0.39, 0.29) is 29.2 Å². The summed E-state index contributed by atoms with van der Waals surface area (Å²) in [5.41, 5.74) is 0.916. The topological polar surface area (TPSA) is 74.2 Å². The molecule has 7 rings (SSSR count). The van der Waals surface area contributed by atoms with E-state index in [1.807, 2.05) is 11.8 Å². The number of hydrogen-bond donors (Lipinski definition) is 0. The molecule has 0 radical (unpaired) electrons. The normalized spacial score (nSPS) is 22.9. The molecule has 0 aliphatic carbocycles. The summed E-state index contributed by atoms with van der Waals surface area (Å²) in [6.07, 6.45) is 1.31. The first kappa shape index (κ1) is 30.6. The molecule has 238 valence electrons. The molecule has 5 heterocycles. The lowest BCUT2D eigenvalue weighted by molar-refractivity contribution is -0.126. The lowest BCUT2D eigenvalue weighted by Crippen LogP contribution is -2.57. The number of benzene rings is 2. The van der Waals surface area contributed by atoms with E-state index in [1.54, 1.807) is 27.3 Å². The van der Waals surface area contributed by atoms with Crippen LogP contribution in [0, 0.1) is 11.6 Å². The van der Waals surface area contributed by atoms with Crippen molar-refractivity contribution in [3.63, 3.8) is 0 Å². The van der Waals surface area contributed by atoms with Crippen LogP contribution in [0.5, 0.6) is 0 Å². The Balaban J connectivity index is 1.31. The van der Waals surface area contributed by atoms with E-state index in [0.29, 0.717) is 70.2 Å². The van der Waals surface area contributed by atoms with Crippen LogP contribution in [0.25, 0.3) is 22.0 Å². The number of hydrogen-bond acceptors (Lipinski definition) is 8. The number of piperazine rings is 2. The number of aromatic nitrogens is 2. The number of ether oxygens (including phenoxy) is 1. The molecule has 3 aromatic rings. The molecule has 2 aromatic carbocycles. The van der Waals surface area contributed by atoms with Crippen LogP contribution >= 0.6 is 23.4 Å². The third-order valence-corrected chi connectivity index (χ3v) is 11.0. The molecule has 0 N–H and O–H groups in total. The highest BCUT2D eigenvalue weighted by Gasteiger charge is 2.35. The zero-order chi connectivity index (χ0) is 31.4. The molecule has 13 heteroatoms. The van der Waals surface area contributed by atoms with E-state index < -0.39 is 11.6 Å². The van der Waals surface area contributed by atoms with Gasteiger partial charge in [-0.1, -0.05) is 18.2 Å². The van der Waals surface area contributed by atoms with Gasteiger partial charge in [-0.05, 0) is 31.2 Å². The smallest absolute Gasteiger partial charge is 0.350 e. The van der Waals surface area contributed by atoms with Gasteiger partial charge in [0.15, 0.2) is 0 Å². The molecule has 3 saturated heterocycles. The number of thioether (sulfide) groups is 1. The fourth-order valence-corrected chi connectivity index (χ4v) is 8.69. The lowest BCUT2D eigenvalue weighted by atomic mass is 10.0. The van der Waals surface area contributed by atoms with Crippen LogP contribution in [-0.4, -0.2) is 114 Å². The lowest BCUT2D eigenvalue weighted by Gasteiger charge is -2.43. The average molecular weight is 657 g/mol. The first-order valence-corrected chi connectivity index (χ1v) is 16.7. The summed E-state index contributed by atoms with van der Waals surface area (Å²) in [7, 11) is 0. The van der Waals surface area contributed by atoms with Gasteiger partial charge in [0.25, 0.3) is 0 Å². The fraction of sp³-hybridized carbons (Fsp3) is 0.469. The zero-order valence-corrected chi connectivity index (χ0v) is 26.6. The Kier molecular flexibility index (Phi) is 8.36. The number of carbonyl (C=O) groups is 1. The highest BCUT2D eigenvalue weighted by Crippen LogP contribution is 2.48. The van der Waals surface area contributed by atoms with Gasteiger partial charge in [0, 0.05) is 91.6 Å². The zero-order valence-electron chi connectivity index (χ0n) is 25.1. The molecule has 9 nitrogen and oxygen atoms in total. The molecule has 4 aliphatic rings. The van der Waals surface area contributed by atoms with Crippen molar-refractivity contribution in [2.24, 2.45) is 0 Å². The highest BCUT2D eigenvalue weighted by atomic mass is 35.5. The van der Waals surface area contributed by atoms with Crippen molar-refractivity contribution < 1.29 is 18.3 Å². The second kappa shape index (κ2) is 12.3. The van der Waals surface area contributed by atoms with Gasteiger partial charge in [0.05, 0.1) is 35.8 Å². The van der Waals surface area contributed by atoms with Crippen LogP contribution in [0.15, 0.2) is 46.6 Å². The second-order valence-electron chi connectivity index (χ2n) is 12.2. The summed E-state index contributed by atoms with van der Waals surface area (Å²) >= 11 is 8.48. The Labute approximate surface area is 269 Å². The summed E-state index contributed by atoms with van der Waals surface area (Å²) in [6, 6.07) is 5.43. The largest absolute Gasteiger partial charge is 0.378 e. The number of carbonyl (C=O) groups excluding carboxylic acids is 1. The maximum atomic E-state index is 15.2. The minimum Gasteiger partial charge on any atom is -0.378 e. The van der Waals surface area contributed by atoms with Crippen molar-refractivity contribution in [3.8, 4) is 11.1 Å². The van der Waals surface area contributed by atoms with Crippen molar-refractivity contribution in [1.82, 2.24) is 24.3 Å². The summed E-state index contributed by atoms with van der Waals surface area (Å²) in [4.78, 5) is 40.4. The first-order valence-electron chi connectivity index (χ1n) is 15.3. The van der Waals surface area contributed by atoms with Crippen LogP contribution in [0.4, 0.5) is 14.6 Å². The van der Waals surface area contributed by atoms with Crippen LogP contribution in [-0.2, 0) is 9.53 Å². The Morgan fingerprint density at radius 3 is 2.60 bits per heavy atom. The predicted molar refractivity (Wildman–Crippen MR) is 172 cm³/mol.